The number of imide groups is 1. The van der Waals surface area contributed by atoms with E-state index in [0.29, 0.717) is 13.2 Å². The van der Waals surface area contributed by atoms with Gasteiger partial charge in [-0.15, -0.1) is 0 Å². The molecular formula is C17H19Cl2N2O4+. The Bertz CT molecular complexity index is 697. The minimum absolute atomic E-state index is 0.192. The second-order valence-electron chi connectivity index (χ2n) is 6.30. The highest BCUT2D eigenvalue weighted by molar-refractivity contribution is 6.43. The number of benzene rings is 1. The Labute approximate surface area is 155 Å². The van der Waals surface area contributed by atoms with Gasteiger partial charge in [-0.05, 0) is 31.9 Å². The predicted molar refractivity (Wildman–Crippen MR) is 91.9 cm³/mol. The van der Waals surface area contributed by atoms with E-state index in [4.69, 9.17) is 27.9 Å². The fraction of sp³-hybridized carbons (Fsp3) is 0.471. The van der Waals surface area contributed by atoms with Crippen molar-refractivity contribution < 1.29 is 24.0 Å². The van der Waals surface area contributed by atoms with Crippen molar-refractivity contribution in [1.29, 1.82) is 0 Å². The predicted octanol–water partition coefficient (Wildman–Crippen LogP) is 1.40. The largest absolute Gasteiger partial charge is 0.466 e. The molecule has 2 heterocycles. The molecule has 1 aromatic rings. The van der Waals surface area contributed by atoms with E-state index < -0.39 is 0 Å². The minimum atomic E-state index is -0.371. The van der Waals surface area contributed by atoms with Gasteiger partial charge in [-0.2, -0.15) is 0 Å². The molecule has 25 heavy (non-hydrogen) atoms. The molecule has 0 radical (unpaired) electrons. The van der Waals surface area contributed by atoms with E-state index in [9.17, 15) is 14.4 Å². The van der Waals surface area contributed by atoms with E-state index in [1.54, 1.807) is 6.92 Å². The average molecular weight is 386 g/mol. The van der Waals surface area contributed by atoms with E-state index in [1.165, 1.54) is 17.0 Å². The van der Waals surface area contributed by atoms with E-state index in [1.807, 2.05) is 0 Å². The molecule has 1 aromatic carbocycles. The smallest absolute Gasteiger partial charge is 0.314 e. The van der Waals surface area contributed by atoms with Gasteiger partial charge in [0.05, 0.1) is 40.9 Å². The van der Waals surface area contributed by atoms with Crippen molar-refractivity contribution in [2.75, 3.05) is 26.4 Å². The number of fused-ring (bicyclic) bond motifs is 1. The number of hydrogen-bond donors (Lipinski definition) is 1. The van der Waals surface area contributed by atoms with Crippen molar-refractivity contribution in [3.05, 3.63) is 33.3 Å². The van der Waals surface area contributed by atoms with E-state index in [0.717, 1.165) is 24.3 Å². The maximum atomic E-state index is 12.6. The fourth-order valence-corrected chi connectivity index (χ4v) is 3.73. The first-order valence-electron chi connectivity index (χ1n) is 8.27. The highest BCUT2D eigenvalue weighted by Gasteiger charge is 2.40. The van der Waals surface area contributed by atoms with Crippen molar-refractivity contribution in [2.45, 2.75) is 19.8 Å². The Kier molecular flexibility index (Phi) is 5.32. The number of carbonyl (C=O) groups is 3. The van der Waals surface area contributed by atoms with Gasteiger partial charge in [0.1, 0.15) is 5.92 Å². The maximum Gasteiger partial charge on any atom is 0.314 e. The van der Waals surface area contributed by atoms with Crippen LogP contribution < -0.4 is 4.90 Å². The standard InChI is InChI=1S/C17H18Cl2N2O4/c1-2-25-17(24)10-4-3-5-20(8-10)9-21-15(22)11-6-13(18)14(19)7-12(11)16(21)23/h6-7,10H,2-5,8-9H2,1H3/p+1/t10-/m1/s1. The second-order valence-corrected chi connectivity index (χ2v) is 7.12. The van der Waals surface area contributed by atoms with Gasteiger partial charge in [0.15, 0.2) is 6.67 Å². The first-order valence-corrected chi connectivity index (χ1v) is 9.03. The summed E-state index contributed by atoms with van der Waals surface area (Å²) in [5, 5.41) is 0.493. The van der Waals surface area contributed by atoms with Crippen molar-refractivity contribution in [1.82, 2.24) is 4.90 Å². The van der Waals surface area contributed by atoms with Crippen molar-refractivity contribution in [2.24, 2.45) is 5.92 Å². The number of halogens is 2. The number of rotatable bonds is 4. The van der Waals surface area contributed by atoms with Gasteiger partial charge < -0.3 is 9.64 Å². The van der Waals surface area contributed by atoms with Gasteiger partial charge in [0.25, 0.3) is 11.8 Å². The quantitative estimate of drug-likeness (QED) is 0.628. The third kappa shape index (κ3) is 3.52. The van der Waals surface area contributed by atoms with Crippen molar-refractivity contribution in [3.63, 3.8) is 0 Å². The first-order chi connectivity index (χ1) is 11.9. The molecule has 1 saturated heterocycles. The van der Waals surface area contributed by atoms with Crippen LogP contribution in [0.4, 0.5) is 0 Å². The van der Waals surface area contributed by atoms with Gasteiger partial charge in [-0.25, -0.2) is 4.90 Å². The summed E-state index contributed by atoms with van der Waals surface area (Å²) in [6.07, 6.45) is 1.62. The molecule has 3 rings (SSSR count). The number of amides is 2. The number of esters is 1. The Morgan fingerprint density at radius 2 is 1.84 bits per heavy atom. The van der Waals surface area contributed by atoms with Crippen LogP contribution in [0.3, 0.4) is 0 Å². The number of quaternary nitrogens is 1. The van der Waals surface area contributed by atoms with Gasteiger partial charge in [-0.1, -0.05) is 23.2 Å². The van der Waals surface area contributed by atoms with Gasteiger partial charge >= 0.3 is 5.97 Å². The van der Waals surface area contributed by atoms with Crippen LogP contribution in [0.2, 0.25) is 10.0 Å². The Morgan fingerprint density at radius 3 is 2.40 bits per heavy atom. The molecule has 2 atom stereocenters. The van der Waals surface area contributed by atoms with Crippen molar-refractivity contribution >= 4 is 41.0 Å². The number of nitrogens with zero attached hydrogens (tertiary/aromatic N) is 1. The lowest BCUT2D eigenvalue weighted by molar-refractivity contribution is -0.914. The summed E-state index contributed by atoms with van der Waals surface area (Å²) in [6.45, 7) is 3.70. The molecule has 0 aliphatic carbocycles. The summed E-state index contributed by atoms with van der Waals surface area (Å²) in [6, 6.07) is 2.87. The molecule has 0 spiro atoms. The van der Waals surface area contributed by atoms with Gasteiger partial charge in [0.2, 0.25) is 0 Å². The highest BCUT2D eigenvalue weighted by Crippen LogP contribution is 2.31. The molecule has 2 amide bonds. The summed E-state index contributed by atoms with van der Waals surface area (Å²) in [5.41, 5.74) is 0.551. The topological polar surface area (TPSA) is 68.1 Å². The lowest BCUT2D eigenvalue weighted by Gasteiger charge is -2.30. The molecule has 6 nitrogen and oxygen atoms in total. The van der Waals surface area contributed by atoms with Crippen LogP contribution in [0, 0.1) is 5.92 Å². The van der Waals surface area contributed by atoms with Crippen LogP contribution in [0.1, 0.15) is 40.5 Å². The van der Waals surface area contributed by atoms with Crippen LogP contribution in [-0.2, 0) is 9.53 Å². The van der Waals surface area contributed by atoms with Crippen LogP contribution in [-0.4, -0.2) is 49.0 Å². The zero-order valence-electron chi connectivity index (χ0n) is 13.8. The third-order valence-corrected chi connectivity index (χ3v) is 5.35. The summed E-state index contributed by atoms with van der Waals surface area (Å²) in [4.78, 5) is 39.3. The van der Waals surface area contributed by atoms with Crippen molar-refractivity contribution in [3.8, 4) is 0 Å². The van der Waals surface area contributed by atoms with E-state index in [2.05, 4.69) is 0 Å². The van der Waals surface area contributed by atoms with Gasteiger partial charge in [0, 0.05) is 0 Å². The molecule has 8 heteroatoms. The summed E-state index contributed by atoms with van der Waals surface area (Å²) in [5.74, 6) is -1.14. The summed E-state index contributed by atoms with van der Waals surface area (Å²) >= 11 is 11.9. The third-order valence-electron chi connectivity index (χ3n) is 4.63. The average Bonchev–Trinajstić information content (AvgIpc) is 2.81. The SMILES string of the molecule is CCOC(=O)[C@@H]1CCC[NH+](CN2C(=O)c3cc(Cl)c(Cl)cc3C2=O)C1. The summed E-state index contributed by atoms with van der Waals surface area (Å²) < 4.78 is 5.09. The number of nitrogens with one attached hydrogen (secondary N) is 1. The Balaban J connectivity index is 1.72. The van der Waals surface area contributed by atoms with Crippen LogP contribution >= 0.6 is 23.2 Å². The van der Waals surface area contributed by atoms with Gasteiger partial charge in [-0.3, -0.25) is 14.4 Å². The summed E-state index contributed by atoms with van der Waals surface area (Å²) in [7, 11) is 0. The monoisotopic (exact) mass is 385 g/mol. The number of ether oxygens (including phenoxy) is 1. The fourth-order valence-electron chi connectivity index (χ4n) is 3.41. The molecular weight excluding hydrogens is 367 g/mol. The molecule has 1 N–H and O–H groups in total. The molecule has 0 bridgehead atoms. The highest BCUT2D eigenvalue weighted by atomic mass is 35.5. The molecule has 134 valence electrons. The molecule has 1 fully saturated rings. The second kappa shape index (κ2) is 7.32. The minimum Gasteiger partial charge on any atom is -0.466 e. The van der Waals surface area contributed by atoms with Crippen LogP contribution in [0.5, 0.6) is 0 Å². The Hall–Kier alpha value is -1.63. The maximum absolute atomic E-state index is 12.6. The molecule has 2 aliphatic heterocycles. The van der Waals surface area contributed by atoms with E-state index in [-0.39, 0.29) is 51.5 Å². The molecule has 0 saturated carbocycles. The number of likely N-dealkylation sites (tertiary alicyclic amines) is 1. The normalized spacial score (nSPS) is 22.9. The van der Waals surface area contributed by atoms with Crippen LogP contribution in [0.15, 0.2) is 12.1 Å². The molecule has 1 unspecified atom stereocenters. The number of hydrogen-bond acceptors (Lipinski definition) is 4. The Morgan fingerprint density at radius 1 is 1.24 bits per heavy atom. The van der Waals surface area contributed by atoms with E-state index >= 15 is 0 Å². The first kappa shape index (κ1) is 18.2. The van der Waals surface area contributed by atoms with Crippen LogP contribution in [0.25, 0.3) is 0 Å². The number of piperidine rings is 1. The lowest BCUT2D eigenvalue weighted by Crippen LogP contribution is -3.15. The lowest BCUT2D eigenvalue weighted by atomic mass is 9.98. The number of carbonyl (C=O) groups excluding carboxylic acids is 3. The molecule has 0 aromatic heterocycles. The zero-order chi connectivity index (χ0) is 18.1. The molecule has 2 aliphatic rings. The zero-order valence-corrected chi connectivity index (χ0v) is 15.3.